The quantitative estimate of drug-likeness (QED) is 0.484. The molecule has 3 aromatic rings. The molecule has 0 aliphatic rings. The van der Waals surface area contributed by atoms with Crippen LogP contribution in [0.5, 0.6) is 5.75 Å². The number of carbonyl (C=O) groups is 1. The molecule has 0 saturated carbocycles. The number of rotatable bonds is 8. The zero-order valence-corrected chi connectivity index (χ0v) is 17.4. The third-order valence-electron chi connectivity index (χ3n) is 4.80. The monoisotopic (exact) mass is 448 g/mol. The first-order valence-corrected chi connectivity index (χ1v) is 10.1. The average molecular weight is 448 g/mol. The second-order valence-corrected chi connectivity index (χ2v) is 7.23. The van der Waals surface area contributed by atoms with E-state index in [0.717, 1.165) is 5.56 Å². The molecule has 32 heavy (non-hydrogen) atoms. The van der Waals surface area contributed by atoms with Crippen LogP contribution in [0.3, 0.4) is 0 Å². The highest BCUT2D eigenvalue weighted by Gasteiger charge is 2.27. The fourth-order valence-corrected chi connectivity index (χ4v) is 3.20. The molecule has 0 atom stereocenters. The first-order valence-electron chi connectivity index (χ1n) is 10.1. The van der Waals surface area contributed by atoms with Crippen LogP contribution in [0, 0.1) is 0 Å². The molecule has 9 heteroatoms. The van der Waals surface area contributed by atoms with E-state index in [2.05, 4.69) is 5.32 Å². The highest BCUT2D eigenvalue weighted by molar-refractivity contribution is 6.05. The summed E-state index contributed by atoms with van der Waals surface area (Å²) in [7, 11) is 0. The van der Waals surface area contributed by atoms with Gasteiger partial charge in [-0.05, 0) is 42.3 Å². The van der Waals surface area contributed by atoms with Crippen LogP contribution in [0.1, 0.15) is 41.3 Å². The summed E-state index contributed by atoms with van der Waals surface area (Å²) < 4.78 is 48.1. The molecule has 170 valence electrons. The van der Waals surface area contributed by atoms with Crippen LogP contribution in [0.15, 0.2) is 51.7 Å². The smallest absolute Gasteiger partial charge is 0.392 e. The summed E-state index contributed by atoms with van der Waals surface area (Å²) >= 11 is 0. The molecule has 0 unspecified atom stereocenters. The van der Waals surface area contributed by atoms with Crippen LogP contribution in [0.4, 0.5) is 18.9 Å². The van der Waals surface area contributed by atoms with E-state index >= 15 is 0 Å². The normalized spacial score (nSPS) is 11.5. The molecule has 0 aliphatic heterocycles. The fraction of sp³-hybridized carbons (Fsp3) is 0.304. The second kappa shape index (κ2) is 9.86. The molecule has 0 spiro atoms. The lowest BCUT2D eigenvalue weighted by molar-refractivity contribution is -0.139. The summed E-state index contributed by atoms with van der Waals surface area (Å²) in [5.41, 5.74) is 6.60. The summed E-state index contributed by atoms with van der Waals surface area (Å²) in [6.07, 6.45) is -4.34. The molecule has 0 bridgehead atoms. The van der Waals surface area contributed by atoms with Gasteiger partial charge in [0.05, 0.1) is 13.0 Å². The lowest BCUT2D eigenvalue weighted by Crippen LogP contribution is -2.21. The van der Waals surface area contributed by atoms with Crippen LogP contribution >= 0.6 is 0 Å². The Balaban J connectivity index is 1.90. The molecule has 1 heterocycles. The van der Waals surface area contributed by atoms with Crippen molar-refractivity contribution in [2.75, 3.05) is 11.9 Å². The summed E-state index contributed by atoms with van der Waals surface area (Å²) in [4.78, 5) is 25.2. The van der Waals surface area contributed by atoms with Gasteiger partial charge in [0.15, 0.2) is 0 Å². The first-order chi connectivity index (χ1) is 15.2. The van der Waals surface area contributed by atoms with Gasteiger partial charge in [-0.2, -0.15) is 13.2 Å². The number of amides is 1. The molecule has 0 radical (unpaired) electrons. The van der Waals surface area contributed by atoms with Gasteiger partial charge in [0.2, 0.25) is 0 Å². The van der Waals surface area contributed by atoms with Gasteiger partial charge in [-0.1, -0.05) is 25.5 Å². The zero-order chi connectivity index (χ0) is 23.3. The minimum absolute atomic E-state index is 0.186. The summed E-state index contributed by atoms with van der Waals surface area (Å²) in [6.45, 7) is 1.71. The van der Waals surface area contributed by atoms with Crippen molar-refractivity contribution in [1.29, 1.82) is 0 Å². The average Bonchev–Trinajstić information content (AvgIpc) is 2.74. The summed E-state index contributed by atoms with van der Waals surface area (Å²) in [6, 6.07) is 11.3. The molecule has 0 fully saturated rings. The van der Waals surface area contributed by atoms with E-state index in [-0.39, 0.29) is 16.9 Å². The van der Waals surface area contributed by atoms with E-state index in [1.807, 2.05) is 6.92 Å². The number of anilines is 1. The fourth-order valence-electron chi connectivity index (χ4n) is 3.20. The number of hydrogen-bond acceptors (Lipinski definition) is 5. The highest BCUT2D eigenvalue weighted by atomic mass is 19.4. The summed E-state index contributed by atoms with van der Waals surface area (Å²) in [5, 5.41) is 3.11. The number of carbonyl (C=O) groups excluding carboxylic acids is 1. The lowest BCUT2D eigenvalue weighted by atomic mass is 10.0. The van der Waals surface area contributed by atoms with E-state index in [1.54, 1.807) is 30.3 Å². The van der Waals surface area contributed by atoms with Crippen LogP contribution < -0.4 is 21.4 Å². The van der Waals surface area contributed by atoms with Crippen LogP contribution in [0.25, 0.3) is 11.0 Å². The molecule has 6 nitrogen and oxygen atoms in total. The number of halogens is 3. The van der Waals surface area contributed by atoms with Gasteiger partial charge < -0.3 is 20.2 Å². The zero-order valence-electron chi connectivity index (χ0n) is 17.4. The molecular formula is C23H23F3N2O4. The molecule has 3 N–H and O–H groups in total. The first kappa shape index (κ1) is 23.3. The van der Waals surface area contributed by atoms with Crippen molar-refractivity contribution in [3.8, 4) is 5.75 Å². The molecule has 3 rings (SSSR count). The van der Waals surface area contributed by atoms with Crippen molar-refractivity contribution in [3.05, 3.63) is 69.6 Å². The van der Waals surface area contributed by atoms with E-state index in [4.69, 9.17) is 14.9 Å². The third-order valence-corrected chi connectivity index (χ3v) is 4.80. The van der Waals surface area contributed by atoms with Crippen molar-refractivity contribution >= 4 is 22.6 Å². The highest BCUT2D eigenvalue weighted by Crippen LogP contribution is 2.30. The number of alkyl halides is 3. The number of nitrogens with two attached hydrogens (primary N) is 1. The SMILES string of the molecule is CCCc1c(OCCC(F)(F)F)ccc2cc(C(=O)Nc3ccc(CN)cc3)c(=O)oc12. The third kappa shape index (κ3) is 5.67. The number of aryl methyl sites for hydroxylation is 1. The Kier molecular flexibility index (Phi) is 7.19. The van der Waals surface area contributed by atoms with Crippen LogP contribution in [-0.2, 0) is 13.0 Å². The predicted molar refractivity (Wildman–Crippen MR) is 115 cm³/mol. The Morgan fingerprint density at radius 2 is 1.88 bits per heavy atom. The Morgan fingerprint density at radius 1 is 1.16 bits per heavy atom. The number of benzene rings is 2. The van der Waals surface area contributed by atoms with Crippen molar-refractivity contribution in [2.45, 2.75) is 38.9 Å². The van der Waals surface area contributed by atoms with Gasteiger partial charge in [-0.25, -0.2) is 4.79 Å². The topological polar surface area (TPSA) is 94.6 Å². The van der Waals surface area contributed by atoms with Gasteiger partial charge in [-0.3, -0.25) is 4.79 Å². The number of hydrogen-bond donors (Lipinski definition) is 2. The van der Waals surface area contributed by atoms with Crippen LogP contribution in [-0.4, -0.2) is 18.7 Å². The van der Waals surface area contributed by atoms with Gasteiger partial charge >= 0.3 is 11.8 Å². The molecule has 2 aromatic carbocycles. The van der Waals surface area contributed by atoms with Gasteiger partial charge in [0.1, 0.15) is 16.9 Å². The van der Waals surface area contributed by atoms with E-state index < -0.39 is 30.7 Å². The molecule has 1 aromatic heterocycles. The molecule has 0 aliphatic carbocycles. The lowest BCUT2D eigenvalue weighted by Gasteiger charge is -2.14. The predicted octanol–water partition coefficient (Wildman–Crippen LogP) is 4.79. The standard InChI is InChI=1S/C23H23F3N2O4/c1-2-3-17-19(31-11-10-23(24,25)26)9-6-15-12-18(22(30)32-20(15)17)21(29)28-16-7-4-14(13-27)5-8-16/h4-9,12H,2-3,10-11,13,27H2,1H3,(H,28,29). The van der Waals surface area contributed by atoms with Crippen molar-refractivity contribution < 1.29 is 27.1 Å². The van der Waals surface area contributed by atoms with Crippen molar-refractivity contribution in [2.24, 2.45) is 5.73 Å². The van der Waals surface area contributed by atoms with Crippen molar-refractivity contribution in [1.82, 2.24) is 0 Å². The number of fused-ring (bicyclic) bond motifs is 1. The number of ether oxygens (including phenoxy) is 1. The Labute approximate surface area is 182 Å². The number of nitrogens with one attached hydrogen (secondary N) is 1. The van der Waals surface area contributed by atoms with Gasteiger partial charge in [-0.15, -0.1) is 0 Å². The minimum atomic E-state index is -4.33. The molecule has 0 saturated heterocycles. The van der Waals surface area contributed by atoms with E-state index in [0.29, 0.717) is 36.0 Å². The Hall–Kier alpha value is -3.33. The molecular weight excluding hydrogens is 425 g/mol. The minimum Gasteiger partial charge on any atom is -0.493 e. The van der Waals surface area contributed by atoms with E-state index in [9.17, 15) is 22.8 Å². The second-order valence-electron chi connectivity index (χ2n) is 7.23. The van der Waals surface area contributed by atoms with E-state index in [1.165, 1.54) is 12.1 Å². The van der Waals surface area contributed by atoms with Crippen molar-refractivity contribution in [3.63, 3.8) is 0 Å². The van der Waals surface area contributed by atoms with Gasteiger partial charge in [0, 0.05) is 23.2 Å². The maximum atomic E-state index is 12.6. The largest absolute Gasteiger partial charge is 0.493 e. The molecule has 1 amide bonds. The summed E-state index contributed by atoms with van der Waals surface area (Å²) in [5.74, 6) is -0.410. The Morgan fingerprint density at radius 3 is 2.50 bits per heavy atom. The van der Waals surface area contributed by atoms with Crippen LogP contribution in [0.2, 0.25) is 0 Å². The maximum Gasteiger partial charge on any atom is 0.392 e. The van der Waals surface area contributed by atoms with Gasteiger partial charge in [0.25, 0.3) is 5.91 Å². The Bertz CT molecular complexity index is 1150. The maximum absolute atomic E-state index is 12.6.